The lowest BCUT2D eigenvalue weighted by Crippen LogP contribution is -2.65. The highest BCUT2D eigenvalue weighted by molar-refractivity contribution is 7.47. The molecule has 0 spiro atoms. The summed E-state index contributed by atoms with van der Waals surface area (Å²) < 4.78 is 36.7. The topological polar surface area (TPSA) is 305 Å². The van der Waals surface area contributed by atoms with Crippen LogP contribution in [0, 0.1) is 0 Å². The Morgan fingerprint density at radius 3 is 1.03 bits per heavy atom. The van der Waals surface area contributed by atoms with Gasteiger partial charge in [-0.05, 0) is 0 Å². The molecule has 19 heteroatoms. The van der Waals surface area contributed by atoms with E-state index in [-0.39, 0.29) is 0 Å². The highest BCUT2D eigenvalue weighted by Crippen LogP contribution is 2.51. The van der Waals surface area contributed by atoms with Gasteiger partial charge in [-0.1, -0.05) is 0 Å². The molecular formula is C12H24O17P2. The predicted molar refractivity (Wildman–Crippen MR) is 90.5 cm³/mol. The minimum Gasteiger partial charge on any atom is -0.387 e. The molecule has 2 rings (SSSR count). The zero-order chi connectivity index (χ0) is 24.0. The molecule has 0 aromatic rings. The van der Waals surface area contributed by atoms with Gasteiger partial charge in [0.1, 0.15) is 73.2 Å². The summed E-state index contributed by atoms with van der Waals surface area (Å²) in [7, 11) is -11.1. The van der Waals surface area contributed by atoms with Gasteiger partial charge in [0.15, 0.2) is 0 Å². The molecular weight excluding hydrogens is 478 g/mol. The molecule has 12 N–H and O–H groups in total. The minimum atomic E-state index is -5.61. The first-order chi connectivity index (χ1) is 14.0. The van der Waals surface area contributed by atoms with Crippen molar-refractivity contribution in [1.82, 2.24) is 0 Å². The average molecular weight is 502 g/mol. The maximum absolute atomic E-state index is 12.4. The fraction of sp³-hybridized carbons (Fsp3) is 1.00. The first-order valence-corrected chi connectivity index (χ1v) is 11.6. The third kappa shape index (κ3) is 5.87. The van der Waals surface area contributed by atoms with Crippen molar-refractivity contribution >= 4 is 15.6 Å². The second kappa shape index (κ2) is 9.61. The molecule has 0 heterocycles. The number of aliphatic hydroxyl groups is 9. The second-order valence-electron chi connectivity index (χ2n) is 7.08. The summed E-state index contributed by atoms with van der Waals surface area (Å²) in [5.74, 6) is 0. The van der Waals surface area contributed by atoms with Crippen molar-refractivity contribution in [2.45, 2.75) is 73.2 Å². The summed E-state index contributed by atoms with van der Waals surface area (Å²) >= 11 is 0. The van der Waals surface area contributed by atoms with Gasteiger partial charge in [0.2, 0.25) is 0 Å². The van der Waals surface area contributed by atoms with E-state index in [4.69, 9.17) is 9.79 Å². The van der Waals surface area contributed by atoms with Gasteiger partial charge in [0, 0.05) is 0 Å². The Morgan fingerprint density at radius 1 is 0.419 bits per heavy atom. The Hall–Kier alpha value is -0.140. The number of phosphoric acid groups is 2. The van der Waals surface area contributed by atoms with Crippen LogP contribution in [-0.4, -0.2) is 134 Å². The van der Waals surface area contributed by atoms with E-state index >= 15 is 0 Å². The Labute approximate surface area is 173 Å². The van der Waals surface area contributed by atoms with Crippen molar-refractivity contribution in [3.05, 3.63) is 0 Å². The summed E-state index contributed by atoms with van der Waals surface area (Å²) in [6, 6.07) is 0. The number of aliphatic hydroxyl groups excluding tert-OH is 9. The van der Waals surface area contributed by atoms with Crippen LogP contribution in [-0.2, 0) is 22.7 Å². The molecule has 2 fully saturated rings. The molecule has 13 atom stereocenters. The molecule has 0 amide bonds. The Bertz CT molecular complexity index is 699. The molecule has 2 aliphatic carbocycles. The van der Waals surface area contributed by atoms with Crippen molar-refractivity contribution in [3.63, 3.8) is 0 Å². The van der Waals surface area contributed by atoms with Gasteiger partial charge >= 0.3 is 15.6 Å². The van der Waals surface area contributed by atoms with Crippen LogP contribution >= 0.6 is 15.6 Å². The highest BCUT2D eigenvalue weighted by Gasteiger charge is 2.56. The monoisotopic (exact) mass is 502 g/mol. The number of hydrogen-bond donors (Lipinski definition) is 12. The third-order valence-electron chi connectivity index (χ3n) is 4.89. The van der Waals surface area contributed by atoms with Crippen LogP contribution in [0.15, 0.2) is 0 Å². The van der Waals surface area contributed by atoms with Gasteiger partial charge in [-0.15, -0.1) is 0 Å². The molecule has 2 saturated carbocycles. The summed E-state index contributed by atoms with van der Waals surface area (Å²) in [6.45, 7) is 0. The van der Waals surface area contributed by atoms with E-state index in [1.54, 1.807) is 0 Å². The molecule has 0 aliphatic heterocycles. The fourth-order valence-corrected chi connectivity index (χ4v) is 4.96. The van der Waals surface area contributed by atoms with Gasteiger partial charge in [0.25, 0.3) is 0 Å². The molecule has 0 aromatic carbocycles. The average Bonchev–Trinajstić information content (AvgIpc) is 2.66. The molecule has 0 saturated heterocycles. The smallest absolute Gasteiger partial charge is 0.387 e. The van der Waals surface area contributed by atoms with E-state index in [2.05, 4.69) is 13.6 Å². The van der Waals surface area contributed by atoms with Gasteiger partial charge in [0.05, 0.1) is 0 Å². The lowest BCUT2D eigenvalue weighted by Gasteiger charge is -2.44. The largest absolute Gasteiger partial charge is 0.473 e. The first kappa shape index (κ1) is 27.1. The van der Waals surface area contributed by atoms with Crippen molar-refractivity contribution in [3.8, 4) is 0 Å². The van der Waals surface area contributed by atoms with E-state index in [1.807, 2.05) is 0 Å². The van der Waals surface area contributed by atoms with E-state index in [9.17, 15) is 60.0 Å². The van der Waals surface area contributed by atoms with Crippen LogP contribution in [0.4, 0.5) is 0 Å². The Kier molecular flexibility index (Phi) is 8.41. The highest BCUT2D eigenvalue weighted by atomic mass is 31.2. The maximum atomic E-state index is 12.4. The normalized spacial score (nSPS) is 48.9. The first-order valence-electron chi connectivity index (χ1n) is 8.54. The van der Waals surface area contributed by atoms with Gasteiger partial charge in [-0.25, -0.2) is 9.13 Å². The van der Waals surface area contributed by atoms with Crippen molar-refractivity contribution in [2.75, 3.05) is 0 Å². The molecule has 2 aliphatic rings. The van der Waals surface area contributed by atoms with Crippen LogP contribution in [0.25, 0.3) is 0 Å². The zero-order valence-electron chi connectivity index (χ0n) is 15.2. The summed E-state index contributed by atoms with van der Waals surface area (Å²) in [6.07, 6.45) is -27.1. The molecule has 0 bridgehead atoms. The van der Waals surface area contributed by atoms with Gasteiger partial charge in [-0.3, -0.25) is 13.6 Å². The van der Waals surface area contributed by atoms with Crippen molar-refractivity contribution < 1.29 is 83.3 Å². The van der Waals surface area contributed by atoms with Crippen LogP contribution in [0.3, 0.4) is 0 Å². The van der Waals surface area contributed by atoms with Crippen molar-refractivity contribution in [1.29, 1.82) is 0 Å². The molecule has 184 valence electrons. The lowest BCUT2D eigenvalue weighted by molar-refractivity contribution is -0.229. The summed E-state index contributed by atoms with van der Waals surface area (Å²) in [5, 5.41) is 87.8. The molecule has 9 unspecified atom stereocenters. The SMILES string of the molecule is O=P(O)(O)OC1C(O)C(O)C(O)C(O)C1OP(=O)(O)OC1[C@H](O)[C@H](O)C(O)[C@H](O)[C@H]1O. The maximum Gasteiger partial charge on any atom is 0.473 e. The van der Waals surface area contributed by atoms with Crippen LogP contribution in [0.1, 0.15) is 0 Å². The minimum absolute atomic E-state index is 2.06. The summed E-state index contributed by atoms with van der Waals surface area (Å²) in [5.41, 5.74) is 0. The molecule has 17 nitrogen and oxygen atoms in total. The Balaban J connectivity index is 2.27. The van der Waals surface area contributed by atoms with Gasteiger partial charge in [-0.2, -0.15) is 0 Å². The third-order valence-corrected chi connectivity index (χ3v) is 6.43. The van der Waals surface area contributed by atoms with Crippen molar-refractivity contribution in [2.24, 2.45) is 0 Å². The Morgan fingerprint density at radius 2 is 0.677 bits per heavy atom. The van der Waals surface area contributed by atoms with Crippen LogP contribution in [0.2, 0.25) is 0 Å². The molecule has 0 radical (unpaired) electrons. The van der Waals surface area contributed by atoms with E-state index in [0.717, 1.165) is 0 Å². The zero-order valence-corrected chi connectivity index (χ0v) is 17.0. The fourth-order valence-electron chi connectivity index (χ4n) is 3.24. The van der Waals surface area contributed by atoms with Crippen LogP contribution < -0.4 is 0 Å². The van der Waals surface area contributed by atoms with E-state index in [0.29, 0.717) is 0 Å². The van der Waals surface area contributed by atoms with Gasteiger partial charge < -0.3 is 60.6 Å². The number of hydrogen-bond acceptors (Lipinski definition) is 14. The number of phosphoric ester groups is 2. The van der Waals surface area contributed by atoms with E-state index < -0.39 is 88.9 Å². The standard InChI is InChI=1S/C12H24O17P2/c13-1-2(14)6(18)10(7(19)3(1)15)28-31(25,26)29-12-9(21)5(17)4(16)8(20)11(12)27-30(22,23)24/h1-21H,(H,25,26)(H2,22,23,24)/t1?,2-,3+,4?,5?,6-,7-,8?,9?,10?,11?,12?/m1/s1. The number of rotatable bonds is 6. The lowest BCUT2D eigenvalue weighted by atomic mass is 9.85. The van der Waals surface area contributed by atoms with E-state index in [1.165, 1.54) is 0 Å². The predicted octanol–water partition coefficient (Wildman–Crippen LogP) is -6.39. The molecule has 0 aromatic heterocycles. The molecule has 31 heavy (non-hydrogen) atoms. The quantitative estimate of drug-likeness (QED) is 0.150. The van der Waals surface area contributed by atoms with Crippen LogP contribution in [0.5, 0.6) is 0 Å². The summed E-state index contributed by atoms with van der Waals surface area (Å²) in [4.78, 5) is 27.8. The second-order valence-corrected chi connectivity index (χ2v) is 9.64.